The Morgan fingerprint density at radius 2 is 1.53 bits per heavy atom. The first-order valence-electron chi connectivity index (χ1n) is 9.21. The first-order valence-corrected chi connectivity index (χ1v) is 9.59. The van der Waals surface area contributed by atoms with Crippen LogP contribution in [0.4, 0.5) is 29.3 Å². The molecule has 0 fully saturated rings. The van der Waals surface area contributed by atoms with E-state index in [2.05, 4.69) is 20.6 Å². The van der Waals surface area contributed by atoms with Crippen molar-refractivity contribution >= 4 is 40.0 Å². The van der Waals surface area contributed by atoms with Crippen LogP contribution >= 0.6 is 11.6 Å². The quantitative estimate of drug-likeness (QED) is 0.355. The lowest BCUT2D eigenvalue weighted by Gasteiger charge is -2.13. The Balaban J connectivity index is 1.45. The molecule has 3 aromatic carbocycles. The van der Waals surface area contributed by atoms with Gasteiger partial charge in [0, 0.05) is 35.9 Å². The van der Waals surface area contributed by atoms with Crippen molar-refractivity contribution in [3.8, 4) is 11.5 Å². The Morgan fingerprint density at radius 1 is 0.844 bits per heavy atom. The maximum absolute atomic E-state index is 13.0. The van der Waals surface area contributed by atoms with Crippen LogP contribution in [0.3, 0.4) is 0 Å². The van der Waals surface area contributed by atoms with Gasteiger partial charge in [0.1, 0.15) is 11.5 Å². The molecular formula is C22H14ClF3N4O2. The number of hydrogen-bond acceptors (Lipinski definition) is 4. The normalized spacial score (nSPS) is 11.2. The number of nitrogens with zero attached hydrogens (tertiary/aromatic N) is 2. The van der Waals surface area contributed by atoms with Gasteiger partial charge in [-0.15, -0.1) is 0 Å². The summed E-state index contributed by atoms with van der Waals surface area (Å²) in [6, 6.07) is 14.2. The number of benzene rings is 3. The van der Waals surface area contributed by atoms with E-state index in [0.29, 0.717) is 22.7 Å². The van der Waals surface area contributed by atoms with Crippen molar-refractivity contribution in [3.05, 3.63) is 83.6 Å². The number of alkyl halides is 3. The Hall–Kier alpha value is -3.85. The van der Waals surface area contributed by atoms with E-state index in [9.17, 15) is 18.0 Å². The number of carbonyl (C=O) groups excluding carboxylic acids is 1. The summed E-state index contributed by atoms with van der Waals surface area (Å²) in [5, 5.41) is 4.46. The highest BCUT2D eigenvalue weighted by Gasteiger charge is 2.33. The molecule has 0 aliphatic heterocycles. The largest absolute Gasteiger partial charge is 0.457 e. The molecular weight excluding hydrogens is 445 g/mol. The topological polar surface area (TPSA) is 76.1 Å². The van der Waals surface area contributed by atoms with Crippen LogP contribution < -0.4 is 15.4 Å². The summed E-state index contributed by atoms with van der Waals surface area (Å²) in [7, 11) is 0. The molecule has 0 unspecified atom stereocenters. The third kappa shape index (κ3) is 5.06. The van der Waals surface area contributed by atoms with Crippen LogP contribution in [0.2, 0.25) is 5.02 Å². The number of anilines is 2. The van der Waals surface area contributed by atoms with E-state index >= 15 is 0 Å². The number of ether oxygens (including phenoxy) is 1. The van der Waals surface area contributed by atoms with Gasteiger partial charge in [0.25, 0.3) is 0 Å². The summed E-state index contributed by atoms with van der Waals surface area (Å²) in [5.41, 5.74) is 0.685. The number of fused-ring (bicyclic) bond motifs is 1. The Labute approximate surface area is 185 Å². The van der Waals surface area contributed by atoms with Gasteiger partial charge in [-0.25, -0.2) is 4.79 Å². The molecule has 162 valence electrons. The molecule has 2 amide bonds. The summed E-state index contributed by atoms with van der Waals surface area (Å²) < 4.78 is 44.8. The molecule has 0 bridgehead atoms. The molecule has 0 aliphatic rings. The summed E-state index contributed by atoms with van der Waals surface area (Å²) in [5.74, 6) is 0.970. The fourth-order valence-corrected chi connectivity index (χ4v) is 3.12. The van der Waals surface area contributed by atoms with E-state index in [1.54, 1.807) is 54.9 Å². The van der Waals surface area contributed by atoms with Gasteiger partial charge in [-0.2, -0.15) is 13.2 Å². The molecule has 1 aromatic heterocycles. The maximum atomic E-state index is 13.0. The van der Waals surface area contributed by atoms with Crippen molar-refractivity contribution in [2.45, 2.75) is 6.18 Å². The molecule has 10 heteroatoms. The summed E-state index contributed by atoms with van der Waals surface area (Å²) in [6.07, 6.45) is -1.46. The van der Waals surface area contributed by atoms with Crippen LogP contribution in [0, 0.1) is 0 Å². The zero-order chi connectivity index (χ0) is 22.7. The van der Waals surface area contributed by atoms with Gasteiger partial charge in [0.05, 0.1) is 21.6 Å². The van der Waals surface area contributed by atoms with Crippen molar-refractivity contribution < 1.29 is 22.7 Å². The van der Waals surface area contributed by atoms with Gasteiger partial charge < -0.3 is 15.4 Å². The van der Waals surface area contributed by atoms with Gasteiger partial charge in [0.2, 0.25) is 0 Å². The number of carbonyl (C=O) groups is 1. The molecule has 0 aliphatic carbocycles. The van der Waals surface area contributed by atoms with Gasteiger partial charge >= 0.3 is 12.2 Å². The predicted molar refractivity (Wildman–Crippen MR) is 115 cm³/mol. The summed E-state index contributed by atoms with van der Waals surface area (Å²) >= 11 is 5.59. The third-order valence-corrected chi connectivity index (χ3v) is 4.63. The highest BCUT2D eigenvalue weighted by atomic mass is 35.5. The van der Waals surface area contributed by atoms with Gasteiger partial charge in [-0.1, -0.05) is 17.7 Å². The first-order chi connectivity index (χ1) is 15.3. The minimum Gasteiger partial charge on any atom is -0.457 e. The zero-order valence-electron chi connectivity index (χ0n) is 16.2. The first kappa shape index (κ1) is 21.4. The highest BCUT2D eigenvalue weighted by molar-refractivity contribution is 6.31. The van der Waals surface area contributed by atoms with Gasteiger partial charge in [-0.3, -0.25) is 9.97 Å². The van der Waals surface area contributed by atoms with Gasteiger partial charge in [0.15, 0.2) is 0 Å². The Morgan fingerprint density at radius 3 is 2.28 bits per heavy atom. The van der Waals surface area contributed by atoms with Crippen molar-refractivity contribution in [1.82, 2.24) is 9.97 Å². The van der Waals surface area contributed by atoms with Gasteiger partial charge in [-0.05, 0) is 42.5 Å². The van der Waals surface area contributed by atoms with Crippen LogP contribution in [-0.2, 0) is 6.18 Å². The molecule has 0 atom stereocenters. The number of aromatic nitrogens is 2. The minimum absolute atomic E-state index is 0.0519. The molecule has 6 nitrogen and oxygen atoms in total. The number of halogens is 4. The minimum atomic E-state index is -4.63. The van der Waals surface area contributed by atoms with Crippen molar-refractivity contribution in [2.75, 3.05) is 10.6 Å². The lowest BCUT2D eigenvalue weighted by molar-refractivity contribution is -0.137. The lowest BCUT2D eigenvalue weighted by atomic mass is 10.2. The molecule has 0 saturated heterocycles. The number of nitrogens with one attached hydrogen (secondary N) is 2. The molecule has 4 rings (SSSR count). The molecule has 2 N–H and O–H groups in total. The number of amides is 2. The Kier molecular flexibility index (Phi) is 5.83. The van der Waals surface area contributed by atoms with Crippen LogP contribution in [0.25, 0.3) is 11.0 Å². The summed E-state index contributed by atoms with van der Waals surface area (Å²) in [4.78, 5) is 20.7. The maximum Gasteiger partial charge on any atom is 0.417 e. The molecule has 0 saturated carbocycles. The average Bonchev–Trinajstić information content (AvgIpc) is 2.74. The van der Waals surface area contributed by atoms with Crippen LogP contribution in [0.5, 0.6) is 11.5 Å². The van der Waals surface area contributed by atoms with E-state index in [1.807, 2.05) is 0 Å². The second-order valence-electron chi connectivity index (χ2n) is 6.61. The number of urea groups is 1. The van der Waals surface area contributed by atoms with E-state index in [0.717, 1.165) is 17.6 Å². The van der Waals surface area contributed by atoms with Crippen LogP contribution in [-0.4, -0.2) is 16.0 Å². The van der Waals surface area contributed by atoms with E-state index in [4.69, 9.17) is 16.3 Å². The zero-order valence-corrected chi connectivity index (χ0v) is 16.9. The number of hydrogen-bond donors (Lipinski definition) is 2. The monoisotopic (exact) mass is 458 g/mol. The number of rotatable bonds is 4. The Bertz CT molecular complexity index is 1300. The SMILES string of the molecule is O=C(Nc1cccc(Oc2ccc3nccnc3c2)c1)Nc1ccc(Cl)c(C(F)(F)F)c1. The van der Waals surface area contributed by atoms with E-state index in [-0.39, 0.29) is 5.69 Å². The lowest BCUT2D eigenvalue weighted by Crippen LogP contribution is -2.20. The second-order valence-corrected chi connectivity index (χ2v) is 7.02. The highest BCUT2D eigenvalue weighted by Crippen LogP contribution is 2.36. The third-order valence-electron chi connectivity index (χ3n) is 4.30. The predicted octanol–water partition coefficient (Wildman–Crippen LogP) is 6.74. The van der Waals surface area contributed by atoms with Crippen LogP contribution in [0.15, 0.2) is 73.1 Å². The second kappa shape index (κ2) is 8.72. The molecule has 4 aromatic rings. The molecule has 1 heterocycles. The fraction of sp³-hybridized carbons (Fsp3) is 0.0455. The smallest absolute Gasteiger partial charge is 0.417 e. The molecule has 0 spiro atoms. The molecule has 32 heavy (non-hydrogen) atoms. The van der Waals surface area contributed by atoms with E-state index < -0.39 is 22.8 Å². The van der Waals surface area contributed by atoms with Crippen molar-refractivity contribution in [2.24, 2.45) is 0 Å². The van der Waals surface area contributed by atoms with E-state index in [1.165, 1.54) is 6.07 Å². The average molecular weight is 459 g/mol. The van der Waals surface area contributed by atoms with Crippen molar-refractivity contribution in [1.29, 1.82) is 0 Å². The van der Waals surface area contributed by atoms with Crippen LogP contribution in [0.1, 0.15) is 5.56 Å². The standard InChI is InChI=1S/C22H14ClF3N4O2/c23-18-6-4-14(11-17(18)22(24,25)26)30-21(31)29-13-2-1-3-15(10-13)32-16-5-7-19-20(12-16)28-9-8-27-19/h1-12H,(H2,29,30,31). The molecule has 0 radical (unpaired) electrons. The summed E-state index contributed by atoms with van der Waals surface area (Å²) in [6.45, 7) is 0. The fourth-order valence-electron chi connectivity index (χ4n) is 2.89. The van der Waals surface area contributed by atoms with Crippen molar-refractivity contribution in [3.63, 3.8) is 0 Å².